The molecular formula is C22H31N3O2Si. The van der Waals surface area contributed by atoms with E-state index in [1.165, 1.54) is 4.68 Å². The van der Waals surface area contributed by atoms with E-state index in [9.17, 15) is 4.79 Å². The number of benzene rings is 1. The van der Waals surface area contributed by atoms with E-state index in [2.05, 4.69) is 63.3 Å². The highest BCUT2D eigenvalue weighted by atomic mass is 28.3. The van der Waals surface area contributed by atoms with E-state index < -0.39 is 8.07 Å². The molecule has 0 saturated heterocycles. The first-order valence-corrected chi connectivity index (χ1v) is 12.1. The van der Waals surface area contributed by atoms with E-state index in [1.807, 2.05) is 30.3 Å². The SMILES string of the molecule is CC(C)[Si](C#Cc1cn(CC(=O)OCc2ccccc2)nn1)(C(C)C)C(C)C. The zero-order chi connectivity index (χ0) is 20.7. The molecule has 28 heavy (non-hydrogen) atoms. The molecule has 0 unspecified atom stereocenters. The molecule has 150 valence electrons. The Labute approximate surface area is 169 Å². The molecule has 0 fully saturated rings. The van der Waals surface area contributed by atoms with E-state index in [4.69, 9.17) is 4.74 Å². The molecular weight excluding hydrogens is 366 g/mol. The van der Waals surface area contributed by atoms with Crippen LogP contribution in [0.5, 0.6) is 0 Å². The first-order chi connectivity index (χ1) is 13.3. The number of nitrogens with zero attached hydrogens (tertiary/aromatic N) is 3. The maximum absolute atomic E-state index is 12.0. The minimum Gasteiger partial charge on any atom is -0.459 e. The quantitative estimate of drug-likeness (QED) is 0.389. The lowest BCUT2D eigenvalue weighted by Crippen LogP contribution is -2.43. The Morgan fingerprint density at radius 1 is 1.07 bits per heavy atom. The second-order valence-electron chi connectivity index (χ2n) is 8.09. The van der Waals surface area contributed by atoms with Crippen LogP contribution in [0.1, 0.15) is 52.8 Å². The van der Waals surface area contributed by atoms with Crippen molar-refractivity contribution in [2.24, 2.45) is 0 Å². The summed E-state index contributed by atoms with van der Waals surface area (Å²) in [5, 5.41) is 8.15. The fourth-order valence-corrected chi connectivity index (χ4v) is 9.16. The second kappa shape index (κ2) is 9.70. The lowest BCUT2D eigenvalue weighted by molar-refractivity contribution is -0.145. The van der Waals surface area contributed by atoms with Crippen molar-refractivity contribution >= 4 is 14.0 Å². The van der Waals surface area contributed by atoms with Crippen LogP contribution in [-0.2, 0) is 22.7 Å². The minimum atomic E-state index is -1.81. The van der Waals surface area contributed by atoms with Crippen LogP contribution in [0.3, 0.4) is 0 Å². The summed E-state index contributed by atoms with van der Waals surface area (Å²) in [7, 11) is -1.81. The number of hydrogen-bond donors (Lipinski definition) is 0. The maximum Gasteiger partial charge on any atom is 0.328 e. The summed E-state index contributed by atoms with van der Waals surface area (Å²) in [5.41, 5.74) is 6.86. The van der Waals surface area contributed by atoms with E-state index in [0.717, 1.165) is 5.56 Å². The summed E-state index contributed by atoms with van der Waals surface area (Å²) < 4.78 is 6.78. The van der Waals surface area contributed by atoms with Crippen molar-refractivity contribution < 1.29 is 9.53 Å². The third-order valence-corrected chi connectivity index (χ3v) is 11.6. The van der Waals surface area contributed by atoms with Gasteiger partial charge < -0.3 is 4.74 Å². The molecule has 0 atom stereocenters. The summed E-state index contributed by atoms with van der Waals surface area (Å²) in [4.78, 5) is 12.0. The zero-order valence-electron chi connectivity index (χ0n) is 17.8. The van der Waals surface area contributed by atoms with Crippen molar-refractivity contribution in [3.05, 3.63) is 47.8 Å². The van der Waals surface area contributed by atoms with Crippen molar-refractivity contribution in [1.82, 2.24) is 15.0 Å². The molecule has 5 nitrogen and oxygen atoms in total. The molecule has 1 aromatic heterocycles. The number of aromatic nitrogens is 3. The molecule has 0 saturated carbocycles. The highest BCUT2D eigenvalue weighted by Gasteiger charge is 2.41. The van der Waals surface area contributed by atoms with Crippen molar-refractivity contribution in [1.29, 1.82) is 0 Å². The van der Waals surface area contributed by atoms with Gasteiger partial charge in [0.05, 0.1) is 6.20 Å². The monoisotopic (exact) mass is 397 g/mol. The summed E-state index contributed by atoms with van der Waals surface area (Å²) in [6, 6.07) is 9.61. The Bertz CT molecular complexity index is 810. The van der Waals surface area contributed by atoms with Crippen LogP contribution in [0.4, 0.5) is 0 Å². The largest absolute Gasteiger partial charge is 0.459 e. The molecule has 1 heterocycles. The van der Waals surface area contributed by atoms with Crippen molar-refractivity contribution in [2.75, 3.05) is 0 Å². The fraction of sp³-hybridized carbons (Fsp3) is 0.500. The number of ether oxygens (including phenoxy) is 1. The molecule has 0 bridgehead atoms. The number of rotatable bonds is 7. The first-order valence-electron chi connectivity index (χ1n) is 9.88. The molecule has 0 aliphatic rings. The molecule has 0 amide bonds. The van der Waals surface area contributed by atoms with Gasteiger partial charge in [-0.25, -0.2) is 4.68 Å². The third-order valence-electron chi connectivity index (χ3n) is 5.35. The Kier molecular flexibility index (Phi) is 7.58. The fourth-order valence-electron chi connectivity index (χ4n) is 3.95. The molecule has 1 aromatic carbocycles. The summed E-state index contributed by atoms with van der Waals surface area (Å²) >= 11 is 0. The average Bonchev–Trinajstić information content (AvgIpc) is 3.08. The van der Waals surface area contributed by atoms with Crippen molar-refractivity contribution in [2.45, 2.75) is 71.3 Å². The Hall–Kier alpha value is -2.39. The smallest absolute Gasteiger partial charge is 0.328 e. The zero-order valence-corrected chi connectivity index (χ0v) is 18.8. The highest BCUT2D eigenvalue weighted by Crippen LogP contribution is 2.40. The summed E-state index contributed by atoms with van der Waals surface area (Å²) in [5.74, 6) is 2.90. The topological polar surface area (TPSA) is 57.0 Å². The summed E-state index contributed by atoms with van der Waals surface area (Å²) in [6.45, 7) is 14.0. The molecule has 0 radical (unpaired) electrons. The van der Waals surface area contributed by atoms with Crippen molar-refractivity contribution in [3.8, 4) is 11.5 Å². The van der Waals surface area contributed by atoms with Gasteiger partial charge in [-0.05, 0) is 22.2 Å². The Morgan fingerprint density at radius 3 is 2.25 bits per heavy atom. The molecule has 0 spiro atoms. The van der Waals surface area contributed by atoms with Gasteiger partial charge in [0.1, 0.15) is 21.2 Å². The van der Waals surface area contributed by atoms with Crippen LogP contribution < -0.4 is 0 Å². The molecule has 6 heteroatoms. The predicted molar refractivity (Wildman–Crippen MR) is 114 cm³/mol. The Balaban J connectivity index is 2.04. The van der Waals surface area contributed by atoms with E-state index >= 15 is 0 Å². The molecule has 2 rings (SSSR count). The van der Waals surface area contributed by atoms with Crippen LogP contribution in [-0.4, -0.2) is 29.0 Å². The van der Waals surface area contributed by atoms with Gasteiger partial charge in [-0.2, -0.15) is 0 Å². The van der Waals surface area contributed by atoms with Gasteiger partial charge in [-0.1, -0.05) is 83.0 Å². The first kappa shape index (κ1) is 21.9. The van der Waals surface area contributed by atoms with E-state index in [0.29, 0.717) is 22.3 Å². The van der Waals surface area contributed by atoms with Crippen LogP contribution in [0.2, 0.25) is 16.6 Å². The van der Waals surface area contributed by atoms with Gasteiger partial charge in [0.15, 0.2) is 5.69 Å². The van der Waals surface area contributed by atoms with Gasteiger partial charge >= 0.3 is 5.97 Å². The predicted octanol–water partition coefficient (Wildman–Crippen LogP) is 4.59. The summed E-state index contributed by atoms with van der Waals surface area (Å²) in [6.07, 6.45) is 1.72. The number of esters is 1. The van der Waals surface area contributed by atoms with Gasteiger partial charge in [0.2, 0.25) is 0 Å². The van der Waals surface area contributed by atoms with E-state index in [1.54, 1.807) is 6.20 Å². The van der Waals surface area contributed by atoms with Gasteiger partial charge in [0.25, 0.3) is 0 Å². The van der Waals surface area contributed by atoms with Crippen LogP contribution >= 0.6 is 0 Å². The third kappa shape index (κ3) is 5.32. The van der Waals surface area contributed by atoms with Crippen molar-refractivity contribution in [3.63, 3.8) is 0 Å². The normalized spacial score (nSPS) is 11.6. The van der Waals surface area contributed by atoms with Crippen LogP contribution in [0.25, 0.3) is 0 Å². The van der Waals surface area contributed by atoms with E-state index in [-0.39, 0.29) is 19.1 Å². The average molecular weight is 398 g/mol. The Morgan fingerprint density at radius 2 is 1.68 bits per heavy atom. The maximum atomic E-state index is 12.0. The van der Waals surface area contributed by atoms with Gasteiger partial charge in [-0.3, -0.25) is 4.79 Å². The lowest BCUT2D eigenvalue weighted by Gasteiger charge is -2.37. The van der Waals surface area contributed by atoms with Crippen LogP contribution in [0.15, 0.2) is 36.5 Å². The minimum absolute atomic E-state index is 0.0304. The highest BCUT2D eigenvalue weighted by molar-refractivity contribution is 6.90. The molecule has 2 aromatic rings. The molecule has 0 N–H and O–H groups in total. The molecule has 0 aliphatic carbocycles. The van der Waals surface area contributed by atoms with Gasteiger partial charge in [-0.15, -0.1) is 10.6 Å². The van der Waals surface area contributed by atoms with Gasteiger partial charge in [0, 0.05) is 0 Å². The number of carbonyl (C=O) groups is 1. The number of carbonyl (C=O) groups excluding carboxylic acids is 1. The number of hydrogen-bond acceptors (Lipinski definition) is 4. The second-order valence-corrected chi connectivity index (χ2v) is 13.7. The molecule has 0 aliphatic heterocycles. The standard InChI is InChI=1S/C22H31N3O2Si/c1-17(2)28(18(3)4,19(5)6)13-12-21-14-25(24-23-21)15-22(26)27-16-20-10-8-7-9-11-20/h7-11,14,17-19H,15-16H2,1-6H3. The lowest BCUT2D eigenvalue weighted by atomic mass is 10.2. The van der Waals surface area contributed by atoms with Crippen LogP contribution in [0, 0.1) is 11.5 Å².